The van der Waals surface area contributed by atoms with E-state index in [0.29, 0.717) is 12.6 Å². The number of amides is 1. The van der Waals surface area contributed by atoms with E-state index < -0.39 is 6.10 Å². The standard InChI is InChI=1S/C19H25N3O3/c23-14(12-25-18-5-1-3-16-15(18)8-9-20-16)11-22-10-2-4-17(22)19(24)21-13-6-7-13/h1,3,5,8-9,13-14,17,20,23H,2,4,6-7,10-12H2,(H,21,24). The number of fused-ring (bicyclic) bond motifs is 1. The second-order valence-corrected chi connectivity index (χ2v) is 7.10. The van der Waals surface area contributed by atoms with Crippen molar-refractivity contribution in [3.63, 3.8) is 0 Å². The minimum Gasteiger partial charge on any atom is -0.490 e. The van der Waals surface area contributed by atoms with Crippen LogP contribution in [0.5, 0.6) is 5.75 Å². The van der Waals surface area contributed by atoms with E-state index in [1.165, 1.54) is 0 Å². The molecule has 6 nitrogen and oxygen atoms in total. The third kappa shape index (κ3) is 3.80. The van der Waals surface area contributed by atoms with Crippen molar-refractivity contribution < 1.29 is 14.6 Å². The Hall–Kier alpha value is -2.05. The van der Waals surface area contributed by atoms with Crippen LogP contribution in [0.15, 0.2) is 30.5 Å². The zero-order chi connectivity index (χ0) is 17.2. The monoisotopic (exact) mass is 343 g/mol. The lowest BCUT2D eigenvalue weighted by molar-refractivity contribution is -0.126. The van der Waals surface area contributed by atoms with Gasteiger partial charge in [-0.15, -0.1) is 0 Å². The molecule has 1 saturated carbocycles. The molecule has 2 atom stereocenters. The molecule has 0 bridgehead atoms. The quantitative estimate of drug-likeness (QED) is 0.714. The average Bonchev–Trinajstić information content (AvgIpc) is 3.10. The maximum Gasteiger partial charge on any atom is 0.237 e. The highest BCUT2D eigenvalue weighted by Gasteiger charge is 2.34. The molecule has 2 unspecified atom stereocenters. The average molecular weight is 343 g/mol. The predicted molar refractivity (Wildman–Crippen MR) is 95.6 cm³/mol. The third-order valence-corrected chi connectivity index (χ3v) is 5.02. The van der Waals surface area contributed by atoms with E-state index in [0.717, 1.165) is 48.9 Å². The van der Waals surface area contributed by atoms with Gasteiger partial charge in [0.25, 0.3) is 0 Å². The molecule has 0 radical (unpaired) electrons. The Morgan fingerprint density at radius 3 is 3.08 bits per heavy atom. The summed E-state index contributed by atoms with van der Waals surface area (Å²) in [5.41, 5.74) is 1.02. The maximum absolute atomic E-state index is 12.3. The molecule has 1 aromatic heterocycles. The van der Waals surface area contributed by atoms with Crippen molar-refractivity contribution >= 4 is 16.8 Å². The fraction of sp³-hybridized carbons (Fsp3) is 0.526. The second kappa shape index (κ2) is 7.06. The van der Waals surface area contributed by atoms with Crippen molar-refractivity contribution in [2.24, 2.45) is 0 Å². The predicted octanol–water partition coefficient (Wildman–Crippen LogP) is 1.65. The summed E-state index contributed by atoms with van der Waals surface area (Å²) < 4.78 is 5.82. The van der Waals surface area contributed by atoms with Gasteiger partial charge in [0.15, 0.2) is 0 Å². The van der Waals surface area contributed by atoms with Crippen LogP contribution >= 0.6 is 0 Å². The van der Waals surface area contributed by atoms with Gasteiger partial charge in [0.1, 0.15) is 18.5 Å². The molecule has 1 amide bonds. The van der Waals surface area contributed by atoms with Gasteiger partial charge in [0, 0.05) is 29.7 Å². The molecule has 2 fully saturated rings. The number of hydrogen-bond donors (Lipinski definition) is 3. The number of aromatic nitrogens is 1. The number of rotatable bonds is 7. The molecule has 134 valence electrons. The zero-order valence-corrected chi connectivity index (χ0v) is 14.3. The van der Waals surface area contributed by atoms with Gasteiger partial charge >= 0.3 is 0 Å². The first kappa shape index (κ1) is 16.4. The summed E-state index contributed by atoms with van der Waals surface area (Å²) in [5, 5.41) is 14.5. The smallest absolute Gasteiger partial charge is 0.237 e. The van der Waals surface area contributed by atoms with Crippen molar-refractivity contribution in [1.29, 1.82) is 0 Å². The lowest BCUT2D eigenvalue weighted by Gasteiger charge is -2.26. The Morgan fingerprint density at radius 2 is 2.24 bits per heavy atom. The summed E-state index contributed by atoms with van der Waals surface area (Å²) in [6, 6.07) is 8.07. The number of ether oxygens (including phenoxy) is 1. The minimum absolute atomic E-state index is 0.108. The molecule has 6 heteroatoms. The molecule has 2 aliphatic rings. The van der Waals surface area contributed by atoms with Crippen LogP contribution in [0.3, 0.4) is 0 Å². The summed E-state index contributed by atoms with van der Waals surface area (Å²) in [4.78, 5) is 17.6. The van der Waals surface area contributed by atoms with Crippen LogP contribution in [0, 0.1) is 0 Å². The largest absolute Gasteiger partial charge is 0.490 e. The highest BCUT2D eigenvalue weighted by atomic mass is 16.5. The number of hydrogen-bond acceptors (Lipinski definition) is 4. The number of H-pyrrole nitrogens is 1. The van der Waals surface area contributed by atoms with Crippen LogP contribution in [0.25, 0.3) is 10.9 Å². The summed E-state index contributed by atoms with van der Waals surface area (Å²) >= 11 is 0. The van der Waals surface area contributed by atoms with Crippen LogP contribution in [0.1, 0.15) is 25.7 Å². The highest BCUT2D eigenvalue weighted by molar-refractivity contribution is 5.85. The number of carbonyl (C=O) groups is 1. The van der Waals surface area contributed by atoms with E-state index in [1.807, 2.05) is 30.5 Å². The lowest BCUT2D eigenvalue weighted by atomic mass is 10.2. The maximum atomic E-state index is 12.3. The molecule has 2 heterocycles. The molecular weight excluding hydrogens is 318 g/mol. The first-order chi connectivity index (χ1) is 12.2. The van der Waals surface area contributed by atoms with E-state index in [4.69, 9.17) is 4.74 Å². The third-order valence-electron chi connectivity index (χ3n) is 5.02. The molecule has 0 spiro atoms. The number of β-amino-alcohol motifs (C(OH)–C–C–N with tert-alkyl or cyclic N) is 1. The molecule has 1 aliphatic heterocycles. The summed E-state index contributed by atoms with van der Waals surface area (Å²) in [5.74, 6) is 0.882. The van der Waals surface area contributed by atoms with E-state index in [2.05, 4.69) is 15.2 Å². The Morgan fingerprint density at radius 1 is 1.36 bits per heavy atom. The van der Waals surface area contributed by atoms with Crippen LogP contribution in [-0.4, -0.2) is 58.8 Å². The van der Waals surface area contributed by atoms with Gasteiger partial charge in [-0.05, 0) is 50.4 Å². The summed E-state index contributed by atoms with van der Waals surface area (Å²) in [6.45, 7) is 1.54. The lowest BCUT2D eigenvalue weighted by Crippen LogP contribution is -2.47. The molecule has 1 aliphatic carbocycles. The highest BCUT2D eigenvalue weighted by Crippen LogP contribution is 2.25. The van der Waals surface area contributed by atoms with Gasteiger partial charge in [0.2, 0.25) is 5.91 Å². The fourth-order valence-electron chi connectivity index (χ4n) is 3.56. The van der Waals surface area contributed by atoms with Crippen molar-refractivity contribution in [1.82, 2.24) is 15.2 Å². The molecule has 3 N–H and O–H groups in total. The van der Waals surface area contributed by atoms with Gasteiger partial charge in [-0.2, -0.15) is 0 Å². The van der Waals surface area contributed by atoms with Crippen molar-refractivity contribution in [2.45, 2.75) is 43.9 Å². The number of nitrogens with one attached hydrogen (secondary N) is 2. The Bertz CT molecular complexity index is 740. The van der Waals surface area contributed by atoms with E-state index in [-0.39, 0.29) is 18.6 Å². The van der Waals surface area contributed by atoms with Crippen LogP contribution in [-0.2, 0) is 4.79 Å². The van der Waals surface area contributed by atoms with Crippen molar-refractivity contribution in [2.75, 3.05) is 19.7 Å². The first-order valence-corrected chi connectivity index (χ1v) is 9.12. The number of likely N-dealkylation sites (tertiary alicyclic amines) is 1. The van der Waals surface area contributed by atoms with Crippen LogP contribution in [0.4, 0.5) is 0 Å². The Kier molecular flexibility index (Phi) is 4.63. The molecule has 1 saturated heterocycles. The van der Waals surface area contributed by atoms with E-state index >= 15 is 0 Å². The topological polar surface area (TPSA) is 77.6 Å². The zero-order valence-electron chi connectivity index (χ0n) is 14.3. The van der Waals surface area contributed by atoms with Crippen molar-refractivity contribution in [3.8, 4) is 5.75 Å². The van der Waals surface area contributed by atoms with E-state index in [1.54, 1.807) is 0 Å². The second-order valence-electron chi connectivity index (χ2n) is 7.10. The minimum atomic E-state index is -0.622. The molecular formula is C19H25N3O3. The van der Waals surface area contributed by atoms with Crippen LogP contribution in [0.2, 0.25) is 0 Å². The first-order valence-electron chi connectivity index (χ1n) is 9.12. The number of nitrogens with zero attached hydrogens (tertiary/aromatic N) is 1. The molecule has 1 aromatic carbocycles. The number of aliphatic hydroxyl groups excluding tert-OH is 1. The summed E-state index contributed by atoms with van der Waals surface area (Å²) in [7, 11) is 0. The van der Waals surface area contributed by atoms with Gasteiger partial charge in [0.05, 0.1) is 6.04 Å². The van der Waals surface area contributed by atoms with Crippen molar-refractivity contribution in [3.05, 3.63) is 30.5 Å². The van der Waals surface area contributed by atoms with Crippen LogP contribution < -0.4 is 10.1 Å². The number of aromatic amines is 1. The Labute approximate surface area is 147 Å². The molecule has 2 aromatic rings. The SMILES string of the molecule is O=C(NC1CC1)C1CCCN1CC(O)COc1cccc2[nH]ccc12. The molecule has 25 heavy (non-hydrogen) atoms. The van der Waals surface area contributed by atoms with E-state index in [9.17, 15) is 9.90 Å². The molecule has 4 rings (SSSR count). The van der Waals surface area contributed by atoms with Gasteiger partial charge in [-0.1, -0.05) is 6.07 Å². The Balaban J connectivity index is 1.31. The van der Waals surface area contributed by atoms with Gasteiger partial charge in [-0.3, -0.25) is 9.69 Å². The number of benzene rings is 1. The van der Waals surface area contributed by atoms with Gasteiger partial charge < -0.3 is 20.1 Å². The number of carbonyl (C=O) groups excluding carboxylic acids is 1. The summed E-state index contributed by atoms with van der Waals surface area (Å²) in [6.07, 6.45) is 5.32. The normalized spacial score (nSPS) is 22.2. The number of aliphatic hydroxyl groups is 1. The fourth-order valence-corrected chi connectivity index (χ4v) is 3.56. The van der Waals surface area contributed by atoms with Gasteiger partial charge in [-0.25, -0.2) is 0 Å².